The summed E-state index contributed by atoms with van der Waals surface area (Å²) in [7, 11) is 0. The van der Waals surface area contributed by atoms with Crippen LogP contribution in [-0.2, 0) is 0 Å². The molecule has 5 heteroatoms. The van der Waals surface area contributed by atoms with Gasteiger partial charge in [0.15, 0.2) is 0 Å². The van der Waals surface area contributed by atoms with Crippen molar-refractivity contribution in [2.45, 2.75) is 6.92 Å². The lowest BCUT2D eigenvalue weighted by Gasteiger charge is -1.97. The van der Waals surface area contributed by atoms with Crippen molar-refractivity contribution in [3.05, 3.63) is 57.8 Å². The highest BCUT2D eigenvalue weighted by atomic mass is 16.6. The first-order valence-corrected chi connectivity index (χ1v) is 4.99. The van der Waals surface area contributed by atoms with Gasteiger partial charge in [-0.15, -0.1) is 0 Å². The van der Waals surface area contributed by atoms with Gasteiger partial charge in [0.1, 0.15) is 6.26 Å². The second-order valence-corrected chi connectivity index (χ2v) is 3.56. The fourth-order valence-corrected chi connectivity index (χ4v) is 1.48. The molecule has 0 aliphatic rings. The van der Waals surface area contributed by atoms with Crippen LogP contribution in [0.25, 0.3) is 12.2 Å². The summed E-state index contributed by atoms with van der Waals surface area (Å²) < 4.78 is 5.03. The Morgan fingerprint density at radius 3 is 2.82 bits per heavy atom. The monoisotopic (exact) mass is 230 g/mol. The summed E-state index contributed by atoms with van der Waals surface area (Å²) in [4.78, 5) is 14.2. The Bertz CT molecular complexity index is 559. The predicted octanol–water partition coefficient (Wildman–Crippen LogP) is 3.06. The zero-order chi connectivity index (χ0) is 12.3. The molecule has 0 atom stereocenters. The zero-order valence-corrected chi connectivity index (χ0v) is 9.16. The van der Waals surface area contributed by atoms with E-state index < -0.39 is 4.92 Å². The molecule has 0 amide bonds. The zero-order valence-electron chi connectivity index (χ0n) is 9.16. The summed E-state index contributed by atoms with van der Waals surface area (Å²) in [5.74, 6) is 0.467. The van der Waals surface area contributed by atoms with Gasteiger partial charge in [-0.3, -0.25) is 10.1 Å². The van der Waals surface area contributed by atoms with Gasteiger partial charge < -0.3 is 4.42 Å². The molecular formula is C12H10N2O3. The maximum absolute atomic E-state index is 10.7. The maximum Gasteiger partial charge on any atom is 0.270 e. The van der Waals surface area contributed by atoms with Crippen LogP contribution in [0.15, 0.2) is 35.1 Å². The molecule has 0 spiro atoms. The van der Waals surface area contributed by atoms with Crippen molar-refractivity contribution in [1.29, 1.82) is 0 Å². The van der Waals surface area contributed by atoms with Crippen molar-refractivity contribution in [1.82, 2.24) is 4.98 Å². The number of rotatable bonds is 3. The van der Waals surface area contributed by atoms with E-state index in [4.69, 9.17) is 4.42 Å². The molecule has 0 unspecified atom stereocenters. The Hall–Kier alpha value is -2.43. The molecule has 1 aromatic heterocycles. The molecule has 2 rings (SSSR count). The van der Waals surface area contributed by atoms with E-state index in [9.17, 15) is 10.1 Å². The van der Waals surface area contributed by atoms with E-state index in [-0.39, 0.29) is 5.69 Å². The van der Waals surface area contributed by atoms with Crippen molar-refractivity contribution in [2.24, 2.45) is 0 Å². The van der Waals surface area contributed by atoms with E-state index in [2.05, 4.69) is 4.98 Å². The molecule has 0 bridgehead atoms. The third-order valence-electron chi connectivity index (χ3n) is 2.17. The van der Waals surface area contributed by atoms with Crippen LogP contribution < -0.4 is 0 Å². The van der Waals surface area contributed by atoms with Gasteiger partial charge in [-0.2, -0.15) is 0 Å². The summed E-state index contributed by atoms with van der Waals surface area (Å²) in [6.07, 6.45) is 6.40. The predicted molar refractivity (Wildman–Crippen MR) is 63.3 cm³/mol. The van der Waals surface area contributed by atoms with E-state index >= 15 is 0 Å². The van der Waals surface area contributed by atoms with Gasteiger partial charge in [0.05, 0.1) is 11.1 Å². The number of aryl methyl sites for hydroxylation is 1. The Morgan fingerprint density at radius 2 is 2.18 bits per heavy atom. The summed E-state index contributed by atoms with van der Waals surface area (Å²) >= 11 is 0. The molecule has 1 heterocycles. The number of hydrogen-bond donors (Lipinski definition) is 0. The minimum atomic E-state index is -0.407. The quantitative estimate of drug-likeness (QED) is 0.600. The minimum Gasteiger partial charge on any atom is -0.445 e. The molecule has 0 radical (unpaired) electrons. The molecule has 0 saturated heterocycles. The van der Waals surface area contributed by atoms with E-state index in [1.807, 2.05) is 13.0 Å². The lowest BCUT2D eigenvalue weighted by atomic mass is 10.1. The Morgan fingerprint density at radius 1 is 1.35 bits per heavy atom. The highest BCUT2D eigenvalue weighted by molar-refractivity contribution is 5.67. The van der Waals surface area contributed by atoms with Gasteiger partial charge in [0, 0.05) is 18.2 Å². The smallest absolute Gasteiger partial charge is 0.270 e. The second-order valence-electron chi connectivity index (χ2n) is 3.56. The summed E-state index contributed by atoms with van der Waals surface area (Å²) in [5.41, 5.74) is 1.67. The number of nitrogens with zero attached hydrogens (tertiary/aromatic N) is 2. The van der Waals surface area contributed by atoms with Gasteiger partial charge >= 0.3 is 0 Å². The van der Waals surface area contributed by atoms with E-state index in [1.165, 1.54) is 18.4 Å². The van der Waals surface area contributed by atoms with E-state index in [1.54, 1.807) is 18.3 Å². The maximum atomic E-state index is 10.7. The number of hydrogen-bond acceptors (Lipinski definition) is 4. The number of nitro groups is 1. The summed E-state index contributed by atoms with van der Waals surface area (Å²) in [5, 5.41) is 10.7. The largest absolute Gasteiger partial charge is 0.445 e. The van der Waals surface area contributed by atoms with Gasteiger partial charge in [-0.1, -0.05) is 6.07 Å². The number of aromatic nitrogens is 1. The first kappa shape index (κ1) is 11.1. The first-order chi connectivity index (χ1) is 8.15. The topological polar surface area (TPSA) is 69.2 Å². The Balaban J connectivity index is 2.30. The van der Waals surface area contributed by atoms with Crippen LogP contribution in [0.2, 0.25) is 0 Å². The average molecular weight is 230 g/mol. The highest BCUT2D eigenvalue weighted by Crippen LogP contribution is 2.18. The van der Waals surface area contributed by atoms with E-state index in [0.717, 1.165) is 11.1 Å². The molecule has 2 aromatic rings. The SMILES string of the molecule is Cc1cc(C=Cc2ncco2)cc([N+](=O)[O-])c1. The molecule has 1 aromatic carbocycles. The van der Waals surface area contributed by atoms with Crippen molar-refractivity contribution >= 4 is 17.8 Å². The fraction of sp³-hybridized carbons (Fsp3) is 0.0833. The third kappa shape index (κ3) is 2.78. The van der Waals surface area contributed by atoms with Crippen molar-refractivity contribution < 1.29 is 9.34 Å². The Kier molecular flexibility index (Phi) is 3.00. The third-order valence-corrected chi connectivity index (χ3v) is 2.17. The molecule has 5 nitrogen and oxygen atoms in total. The van der Waals surface area contributed by atoms with Crippen LogP contribution in [0.3, 0.4) is 0 Å². The van der Waals surface area contributed by atoms with Crippen molar-refractivity contribution in [3.63, 3.8) is 0 Å². The van der Waals surface area contributed by atoms with Gasteiger partial charge in [-0.25, -0.2) is 4.98 Å². The number of benzene rings is 1. The number of non-ortho nitro benzene ring substituents is 1. The van der Waals surface area contributed by atoms with E-state index in [0.29, 0.717) is 5.89 Å². The average Bonchev–Trinajstić information content (AvgIpc) is 2.78. The second kappa shape index (κ2) is 4.61. The van der Waals surface area contributed by atoms with Crippen molar-refractivity contribution in [2.75, 3.05) is 0 Å². The molecule has 0 aliphatic heterocycles. The summed E-state index contributed by atoms with van der Waals surface area (Å²) in [6.45, 7) is 1.81. The standard InChI is InChI=1S/C12H10N2O3/c1-9-6-10(8-11(7-9)14(15)16)2-3-12-13-4-5-17-12/h2-8H,1H3. The van der Waals surface area contributed by atoms with Gasteiger partial charge in [0.25, 0.3) is 5.69 Å². The van der Waals surface area contributed by atoms with Crippen LogP contribution in [0.4, 0.5) is 5.69 Å². The van der Waals surface area contributed by atoms with Gasteiger partial charge in [-0.05, 0) is 24.1 Å². The molecule has 0 fully saturated rings. The molecule has 0 N–H and O–H groups in total. The van der Waals surface area contributed by atoms with Crippen molar-refractivity contribution in [3.8, 4) is 0 Å². The molecule has 86 valence electrons. The van der Waals surface area contributed by atoms with Crippen LogP contribution in [-0.4, -0.2) is 9.91 Å². The fourth-order valence-electron chi connectivity index (χ4n) is 1.48. The van der Waals surface area contributed by atoms with Crippen LogP contribution in [0, 0.1) is 17.0 Å². The number of nitro benzene ring substituents is 1. The lowest BCUT2D eigenvalue weighted by Crippen LogP contribution is -1.89. The molecule has 0 saturated carbocycles. The van der Waals surface area contributed by atoms with Crippen LogP contribution in [0.5, 0.6) is 0 Å². The van der Waals surface area contributed by atoms with Crippen LogP contribution >= 0.6 is 0 Å². The summed E-state index contributed by atoms with van der Waals surface area (Å²) in [6, 6.07) is 4.89. The van der Waals surface area contributed by atoms with Gasteiger partial charge in [0.2, 0.25) is 5.89 Å². The molecular weight excluding hydrogens is 220 g/mol. The van der Waals surface area contributed by atoms with Crippen LogP contribution in [0.1, 0.15) is 17.0 Å². The Labute approximate surface area is 97.6 Å². The lowest BCUT2D eigenvalue weighted by molar-refractivity contribution is -0.384. The normalized spacial score (nSPS) is 10.9. The highest BCUT2D eigenvalue weighted by Gasteiger charge is 2.06. The first-order valence-electron chi connectivity index (χ1n) is 4.99. The molecule has 17 heavy (non-hydrogen) atoms. The number of oxazole rings is 1. The molecule has 0 aliphatic carbocycles. The minimum absolute atomic E-state index is 0.0806.